The number of amides is 1. The Morgan fingerprint density at radius 2 is 2.32 bits per heavy atom. The van der Waals surface area contributed by atoms with E-state index in [0.29, 0.717) is 13.2 Å². The average molecular weight is 340 g/mol. The van der Waals surface area contributed by atoms with Gasteiger partial charge in [0.15, 0.2) is 0 Å². The summed E-state index contributed by atoms with van der Waals surface area (Å²) in [4.78, 5) is 18.9. The molecule has 0 aromatic carbocycles. The van der Waals surface area contributed by atoms with Gasteiger partial charge in [-0.1, -0.05) is 0 Å². The molecule has 4 heterocycles. The molecular weight excluding hydrogens is 316 g/mol. The number of hydrogen-bond acceptors (Lipinski definition) is 4. The third-order valence-corrected chi connectivity index (χ3v) is 5.23. The number of nitrogens with zero attached hydrogens (tertiary/aromatic N) is 3. The quantitative estimate of drug-likeness (QED) is 0.931. The second-order valence-corrected chi connectivity index (χ2v) is 7.12. The lowest BCUT2D eigenvalue weighted by molar-refractivity contribution is -0.0449. The molecule has 2 aromatic heterocycles. The van der Waals surface area contributed by atoms with Gasteiger partial charge in [0, 0.05) is 38.6 Å². The molecule has 25 heavy (non-hydrogen) atoms. The Hall–Kier alpha value is -2.34. The fourth-order valence-corrected chi connectivity index (χ4v) is 4.02. The number of hydrogen-bond donors (Lipinski definition) is 1. The van der Waals surface area contributed by atoms with Gasteiger partial charge in [0.1, 0.15) is 5.69 Å². The Labute approximate surface area is 147 Å². The van der Waals surface area contributed by atoms with Crippen molar-refractivity contribution in [1.82, 2.24) is 14.5 Å². The lowest BCUT2D eigenvalue weighted by Gasteiger charge is -2.39. The molecule has 0 saturated carbocycles. The maximum absolute atomic E-state index is 12.8. The van der Waals surface area contributed by atoms with Gasteiger partial charge in [0.05, 0.1) is 30.5 Å². The summed E-state index contributed by atoms with van der Waals surface area (Å²) in [6, 6.07) is 7.99. The SMILES string of the molecule is Cn1cccc1C(=O)N1CCC[C@@]2(C[C@H](Nc3cccnc3)CO2)C1. The second-order valence-electron chi connectivity index (χ2n) is 7.12. The summed E-state index contributed by atoms with van der Waals surface area (Å²) in [7, 11) is 1.91. The lowest BCUT2D eigenvalue weighted by Crippen LogP contribution is -2.50. The highest BCUT2D eigenvalue weighted by molar-refractivity contribution is 5.92. The fourth-order valence-electron chi connectivity index (χ4n) is 4.02. The summed E-state index contributed by atoms with van der Waals surface area (Å²) in [5.41, 5.74) is 1.53. The van der Waals surface area contributed by atoms with E-state index in [2.05, 4.69) is 10.3 Å². The van der Waals surface area contributed by atoms with Gasteiger partial charge in [-0.2, -0.15) is 0 Å². The number of aryl methyl sites for hydroxylation is 1. The third kappa shape index (κ3) is 3.26. The van der Waals surface area contributed by atoms with E-state index in [0.717, 1.165) is 37.2 Å². The molecule has 2 atom stereocenters. The molecule has 6 heteroatoms. The van der Waals surface area contributed by atoms with Crippen LogP contribution in [0.25, 0.3) is 0 Å². The summed E-state index contributed by atoms with van der Waals surface area (Å²) in [5, 5.41) is 3.50. The van der Waals surface area contributed by atoms with Gasteiger partial charge in [-0.15, -0.1) is 0 Å². The van der Waals surface area contributed by atoms with Crippen LogP contribution in [-0.4, -0.2) is 51.7 Å². The van der Waals surface area contributed by atoms with Crippen LogP contribution in [0.4, 0.5) is 5.69 Å². The van der Waals surface area contributed by atoms with E-state index in [4.69, 9.17) is 4.74 Å². The lowest BCUT2D eigenvalue weighted by atomic mass is 9.88. The number of carbonyl (C=O) groups excluding carboxylic acids is 1. The van der Waals surface area contributed by atoms with E-state index in [1.807, 2.05) is 53.2 Å². The van der Waals surface area contributed by atoms with Gasteiger partial charge in [-0.25, -0.2) is 0 Å². The molecule has 4 rings (SSSR count). The molecular formula is C19H24N4O2. The van der Waals surface area contributed by atoms with Crippen LogP contribution in [0.1, 0.15) is 29.8 Å². The summed E-state index contributed by atoms with van der Waals surface area (Å²) < 4.78 is 8.09. The van der Waals surface area contributed by atoms with Crippen molar-refractivity contribution in [3.63, 3.8) is 0 Å². The fraction of sp³-hybridized carbons (Fsp3) is 0.474. The van der Waals surface area contributed by atoms with Crippen molar-refractivity contribution in [3.05, 3.63) is 48.5 Å². The van der Waals surface area contributed by atoms with Crippen molar-refractivity contribution < 1.29 is 9.53 Å². The van der Waals surface area contributed by atoms with Crippen LogP contribution in [0.3, 0.4) is 0 Å². The number of rotatable bonds is 3. The number of nitrogens with one attached hydrogen (secondary N) is 1. The second kappa shape index (κ2) is 6.52. The molecule has 2 saturated heterocycles. The maximum atomic E-state index is 12.8. The van der Waals surface area contributed by atoms with Crippen molar-refractivity contribution in [1.29, 1.82) is 0 Å². The molecule has 2 aliphatic heterocycles. The van der Waals surface area contributed by atoms with Crippen LogP contribution in [0.15, 0.2) is 42.9 Å². The van der Waals surface area contributed by atoms with Gasteiger partial charge >= 0.3 is 0 Å². The molecule has 1 spiro atoms. The van der Waals surface area contributed by atoms with Gasteiger partial charge in [-0.3, -0.25) is 9.78 Å². The Morgan fingerprint density at radius 1 is 1.40 bits per heavy atom. The average Bonchev–Trinajstić information content (AvgIpc) is 3.22. The zero-order valence-corrected chi connectivity index (χ0v) is 14.5. The predicted octanol–water partition coefficient (Wildman–Crippen LogP) is 2.30. The molecule has 1 amide bonds. The number of aromatic nitrogens is 2. The summed E-state index contributed by atoms with van der Waals surface area (Å²) >= 11 is 0. The Bertz CT molecular complexity index is 745. The van der Waals surface area contributed by atoms with E-state index < -0.39 is 0 Å². The topological polar surface area (TPSA) is 59.4 Å². The van der Waals surface area contributed by atoms with Crippen molar-refractivity contribution in [2.45, 2.75) is 30.9 Å². The van der Waals surface area contributed by atoms with Crippen LogP contribution >= 0.6 is 0 Å². The largest absolute Gasteiger partial charge is 0.379 e. The van der Waals surface area contributed by atoms with Gasteiger partial charge in [-0.05, 0) is 37.1 Å². The van der Waals surface area contributed by atoms with Gasteiger partial charge in [0.2, 0.25) is 0 Å². The van der Waals surface area contributed by atoms with Crippen LogP contribution in [0.2, 0.25) is 0 Å². The predicted molar refractivity (Wildman–Crippen MR) is 95.5 cm³/mol. The Kier molecular flexibility index (Phi) is 4.21. The number of ether oxygens (including phenoxy) is 1. The number of piperidine rings is 1. The molecule has 2 aromatic rings. The standard InChI is InChI=1S/C19H24N4O2/c1-22-9-3-6-17(22)18(24)23-10-4-7-19(14-23)11-16(13-25-19)21-15-5-2-8-20-12-15/h2-3,5-6,8-9,12,16,21H,4,7,10-11,13-14H2,1H3/t16-,19+/m0/s1. The van der Waals surface area contributed by atoms with Gasteiger partial charge < -0.3 is 19.5 Å². The van der Waals surface area contributed by atoms with E-state index >= 15 is 0 Å². The van der Waals surface area contributed by atoms with Crippen molar-refractivity contribution in [2.24, 2.45) is 7.05 Å². The van der Waals surface area contributed by atoms with E-state index in [9.17, 15) is 4.79 Å². The number of anilines is 1. The minimum atomic E-state index is -0.223. The van der Waals surface area contributed by atoms with Crippen LogP contribution in [0.5, 0.6) is 0 Å². The minimum Gasteiger partial charge on any atom is -0.379 e. The molecule has 0 radical (unpaired) electrons. The molecule has 0 bridgehead atoms. The maximum Gasteiger partial charge on any atom is 0.270 e. The summed E-state index contributed by atoms with van der Waals surface area (Å²) in [6.45, 7) is 2.14. The number of likely N-dealkylation sites (tertiary alicyclic amines) is 1. The molecule has 0 aliphatic carbocycles. The highest BCUT2D eigenvalue weighted by Crippen LogP contribution is 2.36. The van der Waals surface area contributed by atoms with Crippen LogP contribution in [0, 0.1) is 0 Å². The van der Waals surface area contributed by atoms with E-state index in [1.165, 1.54) is 0 Å². The van der Waals surface area contributed by atoms with E-state index in [1.54, 1.807) is 6.20 Å². The molecule has 2 fully saturated rings. The van der Waals surface area contributed by atoms with Crippen molar-refractivity contribution in [2.75, 3.05) is 25.0 Å². The monoisotopic (exact) mass is 340 g/mol. The first-order chi connectivity index (χ1) is 12.2. The molecule has 6 nitrogen and oxygen atoms in total. The normalized spacial score (nSPS) is 26.1. The third-order valence-electron chi connectivity index (χ3n) is 5.23. The zero-order valence-electron chi connectivity index (χ0n) is 14.5. The Balaban J connectivity index is 1.42. The van der Waals surface area contributed by atoms with E-state index in [-0.39, 0.29) is 17.6 Å². The zero-order chi connectivity index (χ0) is 17.3. The highest BCUT2D eigenvalue weighted by atomic mass is 16.5. The molecule has 1 N–H and O–H groups in total. The number of carbonyl (C=O) groups is 1. The molecule has 2 aliphatic rings. The van der Waals surface area contributed by atoms with Crippen LogP contribution < -0.4 is 5.32 Å². The molecule has 0 unspecified atom stereocenters. The Morgan fingerprint density at radius 3 is 3.08 bits per heavy atom. The highest BCUT2D eigenvalue weighted by Gasteiger charge is 2.44. The number of pyridine rings is 1. The summed E-state index contributed by atoms with van der Waals surface area (Å²) in [5.74, 6) is 0.0962. The smallest absolute Gasteiger partial charge is 0.270 e. The minimum absolute atomic E-state index is 0.0962. The van der Waals surface area contributed by atoms with Crippen molar-refractivity contribution in [3.8, 4) is 0 Å². The van der Waals surface area contributed by atoms with Crippen molar-refractivity contribution >= 4 is 11.6 Å². The first kappa shape index (κ1) is 16.1. The first-order valence-corrected chi connectivity index (χ1v) is 8.86. The first-order valence-electron chi connectivity index (χ1n) is 8.86. The summed E-state index contributed by atoms with van der Waals surface area (Å²) in [6.07, 6.45) is 8.42. The van der Waals surface area contributed by atoms with Crippen LogP contribution in [-0.2, 0) is 11.8 Å². The van der Waals surface area contributed by atoms with Gasteiger partial charge in [0.25, 0.3) is 5.91 Å². The molecule has 132 valence electrons.